The molecule has 146 valence electrons. The third kappa shape index (κ3) is 4.97. The van der Waals surface area contributed by atoms with Crippen LogP contribution in [0.1, 0.15) is 28.8 Å². The highest BCUT2D eigenvalue weighted by Gasteiger charge is 2.31. The monoisotopic (exact) mass is 375 g/mol. The number of carboxylic acids is 1. The van der Waals surface area contributed by atoms with Crippen LogP contribution in [0.5, 0.6) is 0 Å². The normalized spacial score (nSPS) is 20.2. The Hall–Kier alpha value is -2.61. The van der Waals surface area contributed by atoms with Gasteiger partial charge in [-0.25, -0.2) is 9.59 Å². The van der Waals surface area contributed by atoms with E-state index in [1.165, 1.54) is 12.1 Å². The van der Waals surface area contributed by atoms with Crippen LogP contribution in [0.25, 0.3) is 0 Å². The lowest BCUT2D eigenvalue weighted by Crippen LogP contribution is -2.51. The highest BCUT2D eigenvalue weighted by atomic mass is 16.5. The van der Waals surface area contributed by atoms with E-state index >= 15 is 0 Å². The van der Waals surface area contributed by atoms with Gasteiger partial charge in [-0.15, -0.1) is 0 Å². The van der Waals surface area contributed by atoms with Crippen LogP contribution < -0.4 is 5.32 Å². The number of benzene rings is 1. The van der Waals surface area contributed by atoms with Crippen LogP contribution in [0.3, 0.4) is 0 Å². The molecule has 3 amide bonds. The van der Waals surface area contributed by atoms with Crippen molar-refractivity contribution in [2.75, 3.05) is 39.4 Å². The van der Waals surface area contributed by atoms with E-state index in [1.807, 2.05) is 4.90 Å². The molecule has 27 heavy (non-hydrogen) atoms. The molecule has 0 bridgehead atoms. The zero-order valence-electron chi connectivity index (χ0n) is 15.2. The van der Waals surface area contributed by atoms with Gasteiger partial charge in [0.25, 0.3) is 0 Å². The summed E-state index contributed by atoms with van der Waals surface area (Å²) < 4.78 is 5.29. The van der Waals surface area contributed by atoms with E-state index in [1.54, 1.807) is 17.0 Å². The minimum absolute atomic E-state index is 0.111. The maximum absolute atomic E-state index is 12.7. The van der Waals surface area contributed by atoms with Gasteiger partial charge in [0.1, 0.15) is 0 Å². The van der Waals surface area contributed by atoms with Gasteiger partial charge in [0.05, 0.1) is 24.7 Å². The number of carboxylic acid groups (broad SMARTS) is 1. The van der Waals surface area contributed by atoms with Crippen LogP contribution in [0.4, 0.5) is 4.79 Å². The van der Waals surface area contributed by atoms with Gasteiger partial charge in [0, 0.05) is 32.7 Å². The van der Waals surface area contributed by atoms with Crippen LogP contribution >= 0.6 is 0 Å². The summed E-state index contributed by atoms with van der Waals surface area (Å²) in [4.78, 5) is 39.5. The molecule has 0 aliphatic carbocycles. The summed E-state index contributed by atoms with van der Waals surface area (Å²) in [5.41, 5.74) is 1.04. The molecule has 8 heteroatoms. The van der Waals surface area contributed by atoms with E-state index in [2.05, 4.69) is 5.32 Å². The zero-order chi connectivity index (χ0) is 19.2. The smallest absolute Gasteiger partial charge is 0.335 e. The molecule has 0 radical (unpaired) electrons. The highest BCUT2D eigenvalue weighted by Crippen LogP contribution is 2.19. The number of likely N-dealkylation sites (tertiary alicyclic amines) is 1. The molecule has 1 aromatic carbocycles. The van der Waals surface area contributed by atoms with Gasteiger partial charge in [-0.05, 0) is 30.5 Å². The average Bonchev–Trinajstić information content (AvgIpc) is 2.72. The number of carbonyl (C=O) groups excluding carboxylic acids is 2. The first kappa shape index (κ1) is 19.2. The Bertz CT molecular complexity index is 685. The van der Waals surface area contributed by atoms with E-state index in [9.17, 15) is 14.4 Å². The molecular formula is C19H25N3O5. The molecule has 3 rings (SSSR count). The first-order valence-electron chi connectivity index (χ1n) is 9.26. The van der Waals surface area contributed by atoms with Gasteiger partial charge in [-0.3, -0.25) is 4.79 Å². The summed E-state index contributed by atoms with van der Waals surface area (Å²) in [6, 6.07) is 6.20. The van der Waals surface area contributed by atoms with Crippen molar-refractivity contribution in [3.8, 4) is 0 Å². The standard InChI is InChI=1S/C19H25N3O5/c23-17(21-8-10-27-11-9-21)16-2-1-7-22(13-16)19(26)20-12-14-3-5-15(6-4-14)18(24)25/h3-6,16H,1-2,7-13H2,(H,20,26)(H,24,25). The first-order valence-corrected chi connectivity index (χ1v) is 9.26. The number of carbonyl (C=O) groups is 3. The molecule has 1 atom stereocenters. The first-order chi connectivity index (χ1) is 13.0. The number of morpholine rings is 1. The number of rotatable bonds is 4. The van der Waals surface area contributed by atoms with Crippen LogP contribution in [0.15, 0.2) is 24.3 Å². The molecular weight excluding hydrogens is 350 g/mol. The molecule has 2 heterocycles. The summed E-state index contributed by atoms with van der Waals surface area (Å²) >= 11 is 0. The molecule has 8 nitrogen and oxygen atoms in total. The van der Waals surface area contributed by atoms with Crippen molar-refractivity contribution in [3.63, 3.8) is 0 Å². The second-order valence-corrected chi connectivity index (χ2v) is 6.88. The summed E-state index contributed by atoms with van der Waals surface area (Å²) in [7, 11) is 0. The Morgan fingerprint density at radius 3 is 2.44 bits per heavy atom. The number of piperidine rings is 1. The molecule has 0 aromatic heterocycles. The molecule has 2 saturated heterocycles. The minimum Gasteiger partial charge on any atom is -0.478 e. The van der Waals surface area contributed by atoms with Crippen LogP contribution in [-0.4, -0.2) is 72.2 Å². The number of ether oxygens (including phenoxy) is 1. The number of nitrogens with one attached hydrogen (secondary N) is 1. The maximum Gasteiger partial charge on any atom is 0.335 e. The molecule has 2 fully saturated rings. The number of aromatic carboxylic acids is 1. The fraction of sp³-hybridized carbons (Fsp3) is 0.526. The topological polar surface area (TPSA) is 99.2 Å². The van der Waals surface area contributed by atoms with Crippen LogP contribution in [-0.2, 0) is 16.1 Å². The van der Waals surface area contributed by atoms with Crippen molar-refractivity contribution in [3.05, 3.63) is 35.4 Å². The third-order valence-corrected chi connectivity index (χ3v) is 5.03. The van der Waals surface area contributed by atoms with Gasteiger partial charge >= 0.3 is 12.0 Å². The summed E-state index contributed by atoms with van der Waals surface area (Å²) in [6.45, 7) is 3.77. The number of nitrogens with zero attached hydrogens (tertiary/aromatic N) is 2. The van der Waals surface area contributed by atoms with Crippen molar-refractivity contribution < 1.29 is 24.2 Å². The van der Waals surface area contributed by atoms with Crippen molar-refractivity contribution in [1.29, 1.82) is 0 Å². The molecule has 2 N–H and O–H groups in total. The lowest BCUT2D eigenvalue weighted by Gasteiger charge is -2.36. The number of urea groups is 1. The van der Waals surface area contributed by atoms with Crippen molar-refractivity contribution in [1.82, 2.24) is 15.1 Å². The predicted octanol–water partition coefficient (Wildman–Crippen LogP) is 1.17. The van der Waals surface area contributed by atoms with Crippen molar-refractivity contribution >= 4 is 17.9 Å². The Morgan fingerprint density at radius 2 is 1.78 bits per heavy atom. The summed E-state index contributed by atoms with van der Waals surface area (Å²) in [5, 5.41) is 11.8. The van der Waals surface area contributed by atoms with Crippen LogP contribution in [0.2, 0.25) is 0 Å². The molecule has 2 aliphatic heterocycles. The van der Waals surface area contributed by atoms with Gasteiger partial charge in [0.15, 0.2) is 0 Å². The van der Waals surface area contributed by atoms with E-state index in [4.69, 9.17) is 9.84 Å². The Morgan fingerprint density at radius 1 is 1.07 bits per heavy atom. The minimum atomic E-state index is -0.977. The molecule has 2 aliphatic rings. The predicted molar refractivity (Wildman–Crippen MR) is 97.3 cm³/mol. The number of amides is 3. The number of hydrogen-bond donors (Lipinski definition) is 2. The summed E-state index contributed by atoms with van der Waals surface area (Å²) in [5.74, 6) is -1.02. The van der Waals surface area contributed by atoms with Gasteiger partial charge in [0.2, 0.25) is 5.91 Å². The fourth-order valence-corrected chi connectivity index (χ4v) is 3.46. The molecule has 0 saturated carbocycles. The fourth-order valence-electron chi connectivity index (χ4n) is 3.46. The molecule has 0 spiro atoms. The SMILES string of the molecule is O=C(O)c1ccc(CNC(=O)N2CCCC(C(=O)N3CCOCC3)C2)cc1. The molecule has 1 unspecified atom stereocenters. The second-order valence-electron chi connectivity index (χ2n) is 6.88. The summed E-state index contributed by atoms with van der Waals surface area (Å²) in [6.07, 6.45) is 1.61. The second kappa shape index (κ2) is 8.85. The van der Waals surface area contributed by atoms with Crippen molar-refractivity contribution in [2.45, 2.75) is 19.4 Å². The van der Waals surface area contributed by atoms with Gasteiger partial charge in [-0.2, -0.15) is 0 Å². The van der Waals surface area contributed by atoms with E-state index < -0.39 is 5.97 Å². The lowest BCUT2D eigenvalue weighted by atomic mass is 9.96. The average molecular weight is 375 g/mol. The van der Waals surface area contributed by atoms with E-state index in [0.717, 1.165) is 18.4 Å². The largest absolute Gasteiger partial charge is 0.478 e. The van der Waals surface area contributed by atoms with Crippen LogP contribution in [0, 0.1) is 5.92 Å². The highest BCUT2D eigenvalue weighted by molar-refractivity contribution is 5.87. The Kier molecular flexibility index (Phi) is 6.28. The van der Waals surface area contributed by atoms with Gasteiger partial charge < -0.3 is 25.0 Å². The number of hydrogen-bond acceptors (Lipinski definition) is 4. The zero-order valence-corrected chi connectivity index (χ0v) is 15.2. The van der Waals surface area contributed by atoms with E-state index in [-0.39, 0.29) is 23.4 Å². The van der Waals surface area contributed by atoms with Crippen molar-refractivity contribution in [2.24, 2.45) is 5.92 Å². The molecule has 1 aromatic rings. The lowest BCUT2D eigenvalue weighted by molar-refractivity contribution is -0.141. The van der Waals surface area contributed by atoms with E-state index in [0.29, 0.717) is 45.9 Å². The van der Waals surface area contributed by atoms with Gasteiger partial charge in [-0.1, -0.05) is 12.1 Å². The quantitative estimate of drug-likeness (QED) is 0.823. The Balaban J connectivity index is 1.50. The Labute approximate surface area is 158 Å². The maximum atomic E-state index is 12.7. The third-order valence-electron chi connectivity index (χ3n) is 5.03.